The van der Waals surface area contributed by atoms with Gasteiger partial charge in [0, 0.05) is 36.4 Å². The average Bonchev–Trinajstić information content (AvgIpc) is 2.49. The molecule has 2 amide bonds. The zero-order chi connectivity index (χ0) is 15.2. The fourth-order valence-electron chi connectivity index (χ4n) is 2.03. The van der Waals surface area contributed by atoms with Crippen molar-refractivity contribution >= 4 is 17.4 Å². The third-order valence-corrected chi connectivity index (χ3v) is 3.22. The van der Waals surface area contributed by atoms with Crippen LogP contribution in [0.25, 0.3) is 0 Å². The van der Waals surface area contributed by atoms with Crippen molar-refractivity contribution in [3.05, 3.63) is 54.4 Å². The molecule has 2 rings (SSSR count). The van der Waals surface area contributed by atoms with Crippen molar-refractivity contribution < 1.29 is 4.79 Å². The number of aromatic nitrogens is 1. The van der Waals surface area contributed by atoms with Gasteiger partial charge in [-0.3, -0.25) is 9.88 Å². The molecule has 1 heterocycles. The van der Waals surface area contributed by atoms with Gasteiger partial charge in [0.15, 0.2) is 0 Å². The molecule has 0 saturated heterocycles. The number of carbonyl (C=O) groups excluding carboxylic acids is 1. The first-order chi connectivity index (χ1) is 10.1. The summed E-state index contributed by atoms with van der Waals surface area (Å²) in [6.45, 7) is 4.43. The normalized spacial score (nSPS) is 11.8. The predicted octanol–water partition coefficient (Wildman–Crippen LogP) is 3.16. The topological polar surface area (TPSA) is 71.2 Å². The van der Waals surface area contributed by atoms with Gasteiger partial charge in [-0.2, -0.15) is 0 Å². The number of nitrogens with zero attached hydrogens (tertiary/aromatic N) is 2. The Kier molecular flexibility index (Phi) is 4.90. The maximum Gasteiger partial charge on any atom is 0.326 e. The van der Waals surface area contributed by atoms with Crippen LogP contribution in [0.15, 0.2) is 48.8 Å². The lowest BCUT2D eigenvalue weighted by molar-refractivity contribution is 0.257. The van der Waals surface area contributed by atoms with Gasteiger partial charge in [0.05, 0.1) is 0 Å². The summed E-state index contributed by atoms with van der Waals surface area (Å²) in [5, 5.41) is 2.88. The van der Waals surface area contributed by atoms with Gasteiger partial charge in [0.2, 0.25) is 0 Å². The van der Waals surface area contributed by atoms with Crippen LogP contribution in [0.5, 0.6) is 0 Å². The number of pyridine rings is 1. The molecule has 1 atom stereocenters. The highest BCUT2D eigenvalue weighted by molar-refractivity contribution is 6.01. The van der Waals surface area contributed by atoms with Crippen LogP contribution in [0.1, 0.15) is 25.5 Å². The van der Waals surface area contributed by atoms with Crippen molar-refractivity contribution in [2.75, 3.05) is 16.8 Å². The molecular formula is C16H20N4O. The van der Waals surface area contributed by atoms with E-state index in [1.54, 1.807) is 17.3 Å². The molecule has 0 aliphatic carbocycles. The van der Waals surface area contributed by atoms with E-state index in [9.17, 15) is 4.79 Å². The first-order valence-electron chi connectivity index (χ1n) is 6.96. The van der Waals surface area contributed by atoms with Crippen molar-refractivity contribution in [3.8, 4) is 0 Å². The number of nitrogens with two attached hydrogens (primary N) is 1. The molecule has 0 radical (unpaired) electrons. The first kappa shape index (κ1) is 15.0. The molecule has 2 aromatic rings. The molecule has 0 spiro atoms. The molecule has 0 bridgehead atoms. The minimum Gasteiger partial charge on any atom is -0.324 e. The lowest BCUT2D eigenvalue weighted by Crippen LogP contribution is -2.34. The van der Waals surface area contributed by atoms with Gasteiger partial charge in [-0.05, 0) is 43.7 Å². The van der Waals surface area contributed by atoms with E-state index in [-0.39, 0.29) is 12.1 Å². The number of nitrogens with one attached hydrogen (secondary N) is 1. The summed E-state index contributed by atoms with van der Waals surface area (Å²) < 4.78 is 0. The summed E-state index contributed by atoms with van der Waals surface area (Å²) in [5.41, 5.74) is 8.41. The van der Waals surface area contributed by atoms with Crippen molar-refractivity contribution in [2.45, 2.75) is 19.9 Å². The van der Waals surface area contributed by atoms with Crippen molar-refractivity contribution in [1.29, 1.82) is 0 Å². The molecule has 0 fully saturated rings. The maximum absolute atomic E-state index is 12.3. The first-order valence-corrected chi connectivity index (χ1v) is 6.96. The standard InChI is InChI=1S/C16H20N4O/c1-3-20(15-8-10-18-11-9-15)16(21)19-14-6-4-13(5-7-14)12(2)17/h4-12H,3,17H2,1-2H3,(H,19,21). The van der Waals surface area contributed by atoms with Gasteiger partial charge in [-0.25, -0.2) is 4.79 Å². The summed E-state index contributed by atoms with van der Waals surface area (Å²) in [6.07, 6.45) is 3.34. The van der Waals surface area contributed by atoms with Crippen LogP contribution in [0.4, 0.5) is 16.2 Å². The largest absolute Gasteiger partial charge is 0.326 e. The van der Waals surface area contributed by atoms with Crippen LogP contribution < -0.4 is 16.0 Å². The predicted molar refractivity (Wildman–Crippen MR) is 85.3 cm³/mol. The molecule has 21 heavy (non-hydrogen) atoms. The Labute approximate surface area is 124 Å². The second-order valence-corrected chi connectivity index (χ2v) is 4.79. The second-order valence-electron chi connectivity index (χ2n) is 4.79. The lowest BCUT2D eigenvalue weighted by Gasteiger charge is -2.21. The van der Waals surface area contributed by atoms with Crippen LogP contribution in [-0.2, 0) is 0 Å². The van der Waals surface area contributed by atoms with Gasteiger partial charge >= 0.3 is 6.03 Å². The SMILES string of the molecule is CCN(C(=O)Nc1ccc(C(C)N)cc1)c1ccncc1. The summed E-state index contributed by atoms with van der Waals surface area (Å²) >= 11 is 0. The second kappa shape index (κ2) is 6.85. The van der Waals surface area contributed by atoms with Gasteiger partial charge in [-0.15, -0.1) is 0 Å². The molecule has 0 aliphatic heterocycles. The number of hydrogen-bond acceptors (Lipinski definition) is 3. The molecule has 1 aromatic heterocycles. The number of amides is 2. The van der Waals surface area contributed by atoms with Crippen LogP contribution in [0.2, 0.25) is 0 Å². The Bertz CT molecular complexity index is 581. The Morgan fingerprint density at radius 2 is 1.86 bits per heavy atom. The Morgan fingerprint density at radius 3 is 2.38 bits per heavy atom. The number of carbonyl (C=O) groups is 1. The number of rotatable bonds is 4. The highest BCUT2D eigenvalue weighted by atomic mass is 16.2. The summed E-state index contributed by atoms with van der Waals surface area (Å²) in [5.74, 6) is 0. The van der Waals surface area contributed by atoms with Crippen LogP contribution >= 0.6 is 0 Å². The van der Waals surface area contributed by atoms with E-state index in [1.165, 1.54) is 0 Å². The molecule has 5 heteroatoms. The zero-order valence-corrected chi connectivity index (χ0v) is 12.3. The van der Waals surface area contributed by atoms with E-state index in [4.69, 9.17) is 5.73 Å². The third kappa shape index (κ3) is 3.79. The number of urea groups is 1. The molecule has 3 N–H and O–H groups in total. The van der Waals surface area contributed by atoms with Crippen LogP contribution in [-0.4, -0.2) is 17.6 Å². The van der Waals surface area contributed by atoms with Crippen molar-refractivity contribution in [1.82, 2.24) is 4.98 Å². The lowest BCUT2D eigenvalue weighted by atomic mass is 10.1. The van der Waals surface area contributed by atoms with Gasteiger partial charge < -0.3 is 11.1 Å². The summed E-state index contributed by atoms with van der Waals surface area (Å²) in [6, 6.07) is 11.0. The minimum absolute atomic E-state index is 0.0151. The van der Waals surface area contributed by atoms with E-state index in [1.807, 2.05) is 50.2 Å². The van der Waals surface area contributed by atoms with E-state index in [2.05, 4.69) is 10.3 Å². The fourth-order valence-corrected chi connectivity index (χ4v) is 2.03. The average molecular weight is 284 g/mol. The molecule has 1 aromatic carbocycles. The van der Waals surface area contributed by atoms with Gasteiger partial charge in [0.1, 0.15) is 0 Å². The molecule has 0 aliphatic rings. The van der Waals surface area contributed by atoms with Crippen molar-refractivity contribution in [2.24, 2.45) is 5.73 Å². The quantitative estimate of drug-likeness (QED) is 0.906. The molecule has 110 valence electrons. The van der Waals surface area contributed by atoms with Crippen LogP contribution in [0.3, 0.4) is 0 Å². The fraction of sp³-hybridized carbons (Fsp3) is 0.250. The van der Waals surface area contributed by atoms with Gasteiger partial charge in [-0.1, -0.05) is 12.1 Å². The number of hydrogen-bond donors (Lipinski definition) is 2. The number of anilines is 2. The highest BCUT2D eigenvalue weighted by Crippen LogP contribution is 2.17. The molecule has 5 nitrogen and oxygen atoms in total. The van der Waals surface area contributed by atoms with E-state index >= 15 is 0 Å². The highest BCUT2D eigenvalue weighted by Gasteiger charge is 2.13. The van der Waals surface area contributed by atoms with Crippen molar-refractivity contribution in [3.63, 3.8) is 0 Å². The Balaban J connectivity index is 2.09. The van der Waals surface area contributed by atoms with E-state index in [0.29, 0.717) is 6.54 Å². The van der Waals surface area contributed by atoms with E-state index in [0.717, 1.165) is 16.9 Å². The monoisotopic (exact) mass is 284 g/mol. The molecular weight excluding hydrogens is 264 g/mol. The maximum atomic E-state index is 12.3. The molecule has 1 unspecified atom stereocenters. The summed E-state index contributed by atoms with van der Waals surface area (Å²) in [7, 11) is 0. The Morgan fingerprint density at radius 1 is 1.24 bits per heavy atom. The number of benzene rings is 1. The van der Waals surface area contributed by atoms with E-state index < -0.39 is 0 Å². The summed E-state index contributed by atoms with van der Waals surface area (Å²) in [4.78, 5) is 17.9. The molecule has 0 saturated carbocycles. The Hall–Kier alpha value is -2.40. The van der Waals surface area contributed by atoms with Crippen LogP contribution in [0, 0.1) is 0 Å². The smallest absolute Gasteiger partial charge is 0.324 e. The zero-order valence-electron chi connectivity index (χ0n) is 12.3. The van der Waals surface area contributed by atoms with Gasteiger partial charge in [0.25, 0.3) is 0 Å². The minimum atomic E-state index is -0.169. The third-order valence-electron chi connectivity index (χ3n) is 3.22.